The monoisotopic (exact) mass is 254 g/mol. The van der Waals surface area contributed by atoms with E-state index in [4.69, 9.17) is 11.6 Å². The Bertz CT molecular complexity index is 415. The van der Waals surface area contributed by atoms with Gasteiger partial charge in [0.2, 0.25) is 0 Å². The van der Waals surface area contributed by atoms with Crippen LogP contribution in [0.1, 0.15) is 19.4 Å². The van der Waals surface area contributed by atoms with Gasteiger partial charge >= 0.3 is 0 Å². The molecule has 0 unspecified atom stereocenters. The Labute approximate surface area is 105 Å². The number of thioether (sulfide) groups is 1. The highest BCUT2D eigenvalue weighted by atomic mass is 35.5. The Kier molecular flexibility index (Phi) is 3.45. The number of hydrogen-bond acceptors (Lipinski definition) is 2. The minimum absolute atomic E-state index is 0.165. The lowest BCUT2D eigenvalue weighted by molar-refractivity contribution is 0.536. The highest BCUT2D eigenvalue weighted by Gasteiger charge is 2.26. The highest BCUT2D eigenvalue weighted by molar-refractivity contribution is 8.14. The molecule has 0 aliphatic carbocycles. The fourth-order valence-electron chi connectivity index (χ4n) is 1.49. The van der Waals surface area contributed by atoms with Gasteiger partial charge in [0.1, 0.15) is 0 Å². The average Bonchev–Trinajstić information content (AvgIpc) is 2.56. The Morgan fingerprint density at radius 1 is 1.50 bits per heavy atom. The van der Waals surface area contributed by atoms with Crippen LogP contribution in [0.2, 0.25) is 5.02 Å². The molecule has 1 aliphatic rings. The van der Waals surface area contributed by atoms with Crippen molar-refractivity contribution in [1.29, 1.82) is 0 Å². The molecular weight excluding hydrogens is 240 g/mol. The van der Waals surface area contributed by atoms with Crippen LogP contribution in [0.5, 0.6) is 0 Å². The van der Waals surface area contributed by atoms with Crippen molar-refractivity contribution in [2.24, 2.45) is 4.99 Å². The van der Waals surface area contributed by atoms with E-state index >= 15 is 0 Å². The molecule has 86 valence electrons. The molecule has 1 fully saturated rings. The van der Waals surface area contributed by atoms with Crippen LogP contribution >= 0.6 is 23.4 Å². The van der Waals surface area contributed by atoms with Crippen molar-refractivity contribution < 1.29 is 0 Å². The summed E-state index contributed by atoms with van der Waals surface area (Å²) in [6.07, 6.45) is 0. The molecular formula is C12H15ClN2S. The molecule has 0 aromatic heterocycles. The van der Waals surface area contributed by atoms with Gasteiger partial charge in [-0.1, -0.05) is 35.5 Å². The molecule has 0 radical (unpaired) electrons. The fraction of sp³-hybridized carbons (Fsp3) is 0.417. The number of halogens is 1. The molecule has 0 bridgehead atoms. The third-order valence-corrected chi connectivity index (χ3v) is 3.92. The predicted molar refractivity (Wildman–Crippen MR) is 72.3 cm³/mol. The van der Waals surface area contributed by atoms with Gasteiger partial charge in [-0.05, 0) is 31.5 Å². The van der Waals surface area contributed by atoms with Crippen molar-refractivity contribution in [3.05, 3.63) is 34.9 Å². The molecule has 1 aliphatic heterocycles. The van der Waals surface area contributed by atoms with E-state index in [2.05, 4.69) is 24.2 Å². The summed E-state index contributed by atoms with van der Waals surface area (Å²) in [6, 6.07) is 7.83. The SMILES string of the molecule is CC1(C)CSC(=NCc2cccc(Cl)c2)N1. The largest absolute Gasteiger partial charge is 0.359 e. The van der Waals surface area contributed by atoms with Crippen LogP contribution in [-0.2, 0) is 6.54 Å². The van der Waals surface area contributed by atoms with Gasteiger partial charge in [0.25, 0.3) is 0 Å². The van der Waals surface area contributed by atoms with Gasteiger partial charge in [0.15, 0.2) is 5.17 Å². The molecule has 1 N–H and O–H groups in total. The second-order valence-corrected chi connectivity index (χ2v) is 5.95. The van der Waals surface area contributed by atoms with Crippen LogP contribution in [0.25, 0.3) is 0 Å². The fourth-order valence-corrected chi connectivity index (χ4v) is 2.78. The van der Waals surface area contributed by atoms with Crippen LogP contribution in [0.15, 0.2) is 29.3 Å². The van der Waals surface area contributed by atoms with Gasteiger partial charge in [-0.3, -0.25) is 4.99 Å². The highest BCUT2D eigenvalue weighted by Crippen LogP contribution is 2.22. The van der Waals surface area contributed by atoms with Crippen LogP contribution in [0.3, 0.4) is 0 Å². The van der Waals surface area contributed by atoms with Crippen molar-refractivity contribution in [3.8, 4) is 0 Å². The molecule has 1 aromatic carbocycles. The zero-order valence-electron chi connectivity index (χ0n) is 9.46. The number of rotatable bonds is 2. The first-order valence-corrected chi connectivity index (χ1v) is 6.61. The first-order valence-electron chi connectivity index (χ1n) is 5.25. The van der Waals surface area contributed by atoms with E-state index in [0.29, 0.717) is 6.54 Å². The van der Waals surface area contributed by atoms with Crippen molar-refractivity contribution in [2.45, 2.75) is 25.9 Å². The molecule has 0 saturated carbocycles. The Morgan fingerprint density at radius 3 is 2.94 bits per heavy atom. The topological polar surface area (TPSA) is 24.4 Å². The molecule has 4 heteroatoms. The number of amidine groups is 1. The maximum atomic E-state index is 5.92. The molecule has 1 aromatic rings. The second kappa shape index (κ2) is 4.68. The summed E-state index contributed by atoms with van der Waals surface area (Å²) in [7, 11) is 0. The molecule has 1 saturated heterocycles. The number of nitrogens with zero attached hydrogens (tertiary/aromatic N) is 1. The van der Waals surface area contributed by atoms with E-state index in [1.165, 1.54) is 0 Å². The lowest BCUT2D eigenvalue weighted by atomic mass is 10.1. The van der Waals surface area contributed by atoms with E-state index < -0.39 is 0 Å². The van der Waals surface area contributed by atoms with Crippen LogP contribution < -0.4 is 5.32 Å². The lowest BCUT2D eigenvalue weighted by Crippen LogP contribution is -2.36. The van der Waals surface area contributed by atoms with Gasteiger partial charge in [-0.2, -0.15) is 0 Å². The first-order chi connectivity index (χ1) is 7.55. The predicted octanol–water partition coefficient (Wildman–Crippen LogP) is 3.31. The maximum Gasteiger partial charge on any atom is 0.157 e. The third kappa shape index (κ3) is 3.16. The van der Waals surface area contributed by atoms with Gasteiger partial charge in [0.05, 0.1) is 6.54 Å². The Hall–Kier alpha value is -0.670. The van der Waals surface area contributed by atoms with Crippen molar-refractivity contribution in [2.75, 3.05) is 5.75 Å². The van der Waals surface area contributed by atoms with Gasteiger partial charge in [-0.25, -0.2) is 0 Å². The quantitative estimate of drug-likeness (QED) is 0.876. The Morgan fingerprint density at radius 2 is 2.31 bits per heavy atom. The molecule has 0 amide bonds. The minimum Gasteiger partial charge on any atom is -0.359 e. The summed E-state index contributed by atoms with van der Waals surface area (Å²) < 4.78 is 0. The summed E-state index contributed by atoms with van der Waals surface area (Å²) in [5.74, 6) is 1.07. The van der Waals surface area contributed by atoms with E-state index in [1.54, 1.807) is 11.8 Å². The zero-order chi connectivity index (χ0) is 11.6. The number of aliphatic imine (C=N–C) groups is 1. The van der Waals surface area contributed by atoms with E-state index in [-0.39, 0.29) is 5.54 Å². The summed E-state index contributed by atoms with van der Waals surface area (Å²) in [5.41, 5.74) is 1.31. The molecule has 16 heavy (non-hydrogen) atoms. The van der Waals surface area contributed by atoms with Gasteiger partial charge < -0.3 is 5.32 Å². The molecule has 0 spiro atoms. The van der Waals surface area contributed by atoms with Crippen molar-refractivity contribution in [1.82, 2.24) is 5.32 Å². The molecule has 1 heterocycles. The second-order valence-electron chi connectivity index (χ2n) is 4.55. The van der Waals surface area contributed by atoms with Crippen molar-refractivity contribution in [3.63, 3.8) is 0 Å². The number of benzene rings is 1. The number of hydrogen-bond donors (Lipinski definition) is 1. The Balaban J connectivity index is 2.00. The van der Waals surface area contributed by atoms with Crippen LogP contribution in [-0.4, -0.2) is 16.5 Å². The lowest BCUT2D eigenvalue weighted by Gasteiger charge is -2.15. The third-order valence-electron chi connectivity index (χ3n) is 2.31. The molecule has 0 atom stereocenters. The summed E-state index contributed by atoms with van der Waals surface area (Å²) >= 11 is 7.69. The van der Waals surface area contributed by atoms with Crippen LogP contribution in [0, 0.1) is 0 Å². The van der Waals surface area contributed by atoms with E-state index in [1.807, 2.05) is 24.3 Å². The minimum atomic E-state index is 0.165. The van der Waals surface area contributed by atoms with Gasteiger partial charge in [0, 0.05) is 16.3 Å². The summed E-state index contributed by atoms with van der Waals surface area (Å²) in [5, 5.41) is 5.20. The normalized spacial score (nSPS) is 21.1. The summed E-state index contributed by atoms with van der Waals surface area (Å²) in [6.45, 7) is 5.05. The zero-order valence-corrected chi connectivity index (χ0v) is 11.0. The maximum absolute atomic E-state index is 5.92. The van der Waals surface area contributed by atoms with Crippen LogP contribution in [0.4, 0.5) is 0 Å². The van der Waals surface area contributed by atoms with Crippen molar-refractivity contribution >= 4 is 28.5 Å². The molecule has 2 nitrogen and oxygen atoms in total. The average molecular weight is 255 g/mol. The first kappa shape index (κ1) is 11.8. The van der Waals surface area contributed by atoms with E-state index in [0.717, 1.165) is 21.5 Å². The molecule has 2 rings (SSSR count). The standard InChI is InChI=1S/C12H15ClN2S/c1-12(2)8-16-11(15-12)14-7-9-4-3-5-10(13)6-9/h3-6H,7-8H2,1-2H3,(H,14,15). The van der Waals surface area contributed by atoms with Gasteiger partial charge in [-0.15, -0.1) is 0 Å². The summed E-state index contributed by atoms with van der Waals surface area (Å²) in [4.78, 5) is 4.54. The van der Waals surface area contributed by atoms with E-state index in [9.17, 15) is 0 Å². The number of nitrogens with one attached hydrogen (secondary N) is 1. The smallest absolute Gasteiger partial charge is 0.157 e.